The van der Waals surface area contributed by atoms with Crippen molar-refractivity contribution in [3.8, 4) is 5.75 Å². The fraction of sp³-hybridized carbons (Fsp3) is 0.368. The number of ether oxygens (including phenoxy) is 1. The summed E-state index contributed by atoms with van der Waals surface area (Å²) in [5, 5.41) is 3.03. The largest absolute Gasteiger partial charge is 0.496 e. The minimum absolute atomic E-state index is 0.111. The summed E-state index contributed by atoms with van der Waals surface area (Å²) in [6.07, 6.45) is 3.63. The van der Waals surface area contributed by atoms with Crippen molar-refractivity contribution in [2.24, 2.45) is 5.92 Å². The Kier molecular flexibility index (Phi) is 5.74. The molecule has 1 heterocycles. The average Bonchev–Trinajstić information content (AvgIpc) is 2.55. The molecule has 0 saturated carbocycles. The third kappa shape index (κ3) is 4.31. The lowest BCUT2D eigenvalue weighted by atomic mass is 9.89. The Bertz CT molecular complexity index is 654. The number of amides is 1. The van der Waals surface area contributed by atoms with Crippen LogP contribution in [0.1, 0.15) is 41.3 Å². The lowest BCUT2D eigenvalue weighted by molar-refractivity contribution is 0.0946. The molecule has 0 aliphatic heterocycles. The van der Waals surface area contributed by atoms with E-state index in [4.69, 9.17) is 4.74 Å². The fourth-order valence-corrected chi connectivity index (χ4v) is 2.63. The molecule has 1 unspecified atom stereocenters. The summed E-state index contributed by atoms with van der Waals surface area (Å²) < 4.78 is 5.29. The zero-order valence-corrected chi connectivity index (χ0v) is 14.2. The second-order valence-electron chi connectivity index (χ2n) is 6.05. The van der Waals surface area contributed by atoms with E-state index in [0.717, 1.165) is 11.1 Å². The second kappa shape index (κ2) is 7.77. The molecule has 0 aliphatic carbocycles. The van der Waals surface area contributed by atoms with Gasteiger partial charge in [0.15, 0.2) is 0 Å². The van der Waals surface area contributed by atoms with Crippen LogP contribution in [0.4, 0.5) is 0 Å². The molecule has 1 amide bonds. The summed E-state index contributed by atoms with van der Waals surface area (Å²) in [6, 6.07) is 9.59. The van der Waals surface area contributed by atoms with E-state index >= 15 is 0 Å². The number of hydrogen-bond acceptors (Lipinski definition) is 3. The molecule has 122 valence electrons. The van der Waals surface area contributed by atoms with Gasteiger partial charge in [-0.25, -0.2) is 0 Å². The van der Waals surface area contributed by atoms with Crippen LogP contribution in [0.3, 0.4) is 0 Å². The Morgan fingerprint density at radius 2 is 2.09 bits per heavy atom. The van der Waals surface area contributed by atoms with Gasteiger partial charge in [0, 0.05) is 24.9 Å². The number of methoxy groups -OCH3 is 1. The molecule has 4 nitrogen and oxygen atoms in total. The first-order valence-corrected chi connectivity index (χ1v) is 7.85. The first-order chi connectivity index (χ1) is 11.0. The fourth-order valence-electron chi connectivity index (χ4n) is 2.63. The van der Waals surface area contributed by atoms with E-state index < -0.39 is 0 Å². The number of hydrogen-bond donors (Lipinski definition) is 1. The van der Waals surface area contributed by atoms with Crippen LogP contribution in [0.2, 0.25) is 0 Å². The van der Waals surface area contributed by atoms with E-state index in [2.05, 4.69) is 30.2 Å². The van der Waals surface area contributed by atoms with Gasteiger partial charge in [0.25, 0.3) is 5.91 Å². The smallest absolute Gasteiger partial charge is 0.255 e. The summed E-state index contributed by atoms with van der Waals surface area (Å²) in [7, 11) is 1.58. The molecular formula is C19H24N2O2. The second-order valence-corrected chi connectivity index (χ2v) is 6.05. The van der Waals surface area contributed by atoms with Crippen molar-refractivity contribution in [3.63, 3.8) is 0 Å². The van der Waals surface area contributed by atoms with E-state index in [1.54, 1.807) is 13.3 Å². The van der Waals surface area contributed by atoms with Crippen LogP contribution in [0.15, 0.2) is 42.7 Å². The SMILES string of the molecule is COc1ccc(C)cc1C(=O)NCC(c1cccnc1)C(C)C. The van der Waals surface area contributed by atoms with Gasteiger partial charge in [-0.05, 0) is 36.6 Å². The van der Waals surface area contributed by atoms with Gasteiger partial charge in [-0.1, -0.05) is 31.5 Å². The number of carbonyl (C=O) groups is 1. The van der Waals surface area contributed by atoms with Gasteiger partial charge in [-0.15, -0.1) is 0 Å². The minimum atomic E-state index is -0.111. The molecule has 1 aromatic carbocycles. The van der Waals surface area contributed by atoms with Crippen LogP contribution in [0.25, 0.3) is 0 Å². The molecule has 0 radical (unpaired) electrons. The van der Waals surface area contributed by atoms with Gasteiger partial charge in [0.2, 0.25) is 0 Å². The van der Waals surface area contributed by atoms with Crippen LogP contribution >= 0.6 is 0 Å². The quantitative estimate of drug-likeness (QED) is 0.887. The van der Waals surface area contributed by atoms with Gasteiger partial charge in [-0.2, -0.15) is 0 Å². The first kappa shape index (κ1) is 17.0. The monoisotopic (exact) mass is 312 g/mol. The van der Waals surface area contributed by atoms with Gasteiger partial charge in [0.05, 0.1) is 12.7 Å². The van der Waals surface area contributed by atoms with Gasteiger partial charge >= 0.3 is 0 Å². The molecule has 4 heteroatoms. The van der Waals surface area contributed by atoms with E-state index in [0.29, 0.717) is 23.8 Å². The summed E-state index contributed by atoms with van der Waals surface area (Å²) in [6.45, 7) is 6.83. The Morgan fingerprint density at radius 1 is 1.30 bits per heavy atom. The van der Waals surface area contributed by atoms with Crippen LogP contribution in [-0.4, -0.2) is 24.5 Å². The van der Waals surface area contributed by atoms with Crippen molar-refractivity contribution in [1.29, 1.82) is 0 Å². The topological polar surface area (TPSA) is 51.2 Å². The zero-order valence-electron chi connectivity index (χ0n) is 14.2. The summed E-state index contributed by atoms with van der Waals surface area (Å²) in [5.74, 6) is 1.11. The van der Waals surface area contributed by atoms with Crippen molar-refractivity contribution >= 4 is 5.91 Å². The zero-order chi connectivity index (χ0) is 16.8. The number of rotatable bonds is 6. The van der Waals surface area contributed by atoms with Crippen LogP contribution in [-0.2, 0) is 0 Å². The van der Waals surface area contributed by atoms with Crippen molar-refractivity contribution in [2.45, 2.75) is 26.7 Å². The number of nitrogens with zero attached hydrogens (tertiary/aromatic N) is 1. The number of aryl methyl sites for hydroxylation is 1. The predicted molar refractivity (Wildman–Crippen MR) is 91.9 cm³/mol. The molecule has 0 aliphatic rings. The summed E-state index contributed by atoms with van der Waals surface area (Å²) >= 11 is 0. The Hall–Kier alpha value is -2.36. The highest BCUT2D eigenvalue weighted by atomic mass is 16.5. The van der Waals surface area contributed by atoms with Crippen molar-refractivity contribution in [1.82, 2.24) is 10.3 Å². The van der Waals surface area contributed by atoms with Crippen LogP contribution < -0.4 is 10.1 Å². The van der Waals surface area contributed by atoms with Crippen LogP contribution in [0.5, 0.6) is 5.75 Å². The third-order valence-electron chi connectivity index (χ3n) is 4.00. The molecule has 0 fully saturated rings. The minimum Gasteiger partial charge on any atom is -0.496 e. The van der Waals surface area contributed by atoms with E-state index in [9.17, 15) is 4.79 Å². The molecular weight excluding hydrogens is 288 g/mol. The number of nitrogens with one attached hydrogen (secondary N) is 1. The normalized spacial score (nSPS) is 12.0. The summed E-state index contributed by atoms with van der Waals surface area (Å²) in [4.78, 5) is 16.7. The molecule has 1 N–H and O–H groups in total. The maximum Gasteiger partial charge on any atom is 0.255 e. The first-order valence-electron chi connectivity index (χ1n) is 7.85. The maximum absolute atomic E-state index is 12.5. The molecule has 0 saturated heterocycles. The lowest BCUT2D eigenvalue weighted by Crippen LogP contribution is -2.30. The number of pyridine rings is 1. The third-order valence-corrected chi connectivity index (χ3v) is 4.00. The highest BCUT2D eigenvalue weighted by molar-refractivity contribution is 5.97. The Balaban J connectivity index is 2.12. The van der Waals surface area contributed by atoms with E-state index in [1.807, 2.05) is 37.4 Å². The van der Waals surface area contributed by atoms with Crippen molar-refractivity contribution < 1.29 is 9.53 Å². The standard InChI is InChI=1S/C19H24N2O2/c1-13(2)17(15-6-5-9-20-11-15)12-21-19(22)16-10-14(3)7-8-18(16)23-4/h5-11,13,17H,12H2,1-4H3,(H,21,22). The van der Waals surface area contributed by atoms with E-state index in [1.165, 1.54) is 0 Å². The molecule has 2 rings (SSSR count). The number of benzene rings is 1. The van der Waals surface area contributed by atoms with Crippen LogP contribution in [0, 0.1) is 12.8 Å². The molecule has 0 bridgehead atoms. The number of aromatic nitrogens is 1. The highest BCUT2D eigenvalue weighted by Crippen LogP contribution is 2.24. The molecule has 1 aromatic heterocycles. The number of carbonyl (C=O) groups excluding carboxylic acids is 1. The lowest BCUT2D eigenvalue weighted by Gasteiger charge is -2.22. The van der Waals surface area contributed by atoms with Gasteiger partial charge in [-0.3, -0.25) is 9.78 Å². The highest BCUT2D eigenvalue weighted by Gasteiger charge is 2.19. The van der Waals surface area contributed by atoms with Gasteiger partial charge < -0.3 is 10.1 Å². The predicted octanol–water partition coefficient (Wildman–Crippen LogP) is 3.57. The van der Waals surface area contributed by atoms with Gasteiger partial charge in [0.1, 0.15) is 5.75 Å². The molecule has 2 aromatic rings. The Morgan fingerprint density at radius 3 is 2.70 bits per heavy atom. The van der Waals surface area contributed by atoms with Crippen molar-refractivity contribution in [2.75, 3.05) is 13.7 Å². The molecule has 1 atom stereocenters. The Labute approximate surface area is 137 Å². The summed E-state index contributed by atoms with van der Waals surface area (Å²) in [5.41, 5.74) is 2.74. The molecule has 0 spiro atoms. The average molecular weight is 312 g/mol. The molecule has 23 heavy (non-hydrogen) atoms. The van der Waals surface area contributed by atoms with E-state index in [-0.39, 0.29) is 11.8 Å². The van der Waals surface area contributed by atoms with Crippen molar-refractivity contribution in [3.05, 3.63) is 59.4 Å². The maximum atomic E-state index is 12.5.